The largest absolute Gasteiger partial charge is 0.391 e. The Morgan fingerprint density at radius 1 is 1.45 bits per heavy atom. The summed E-state index contributed by atoms with van der Waals surface area (Å²) in [4.78, 5) is 10.3. The van der Waals surface area contributed by atoms with Crippen LogP contribution in [0.15, 0.2) is 12.1 Å². The lowest BCUT2D eigenvalue weighted by atomic mass is 9.89. The topological polar surface area (TPSA) is 75.4 Å². The molecule has 0 aliphatic carbocycles. The molecule has 0 heterocycles. The van der Waals surface area contributed by atoms with Gasteiger partial charge in [-0.2, -0.15) is 0 Å². The summed E-state index contributed by atoms with van der Waals surface area (Å²) in [6.45, 7) is 8.33. The molecule has 0 saturated heterocycles. The standard InChI is InChI=1S/C14H21ClN2O3/c1-9-5-13(17(19)20)11(15)6-12(9)16-8-10(18)7-14(2,3)4/h5-6,10,16,18H,7-8H2,1-4H3. The fourth-order valence-corrected chi connectivity index (χ4v) is 2.24. The van der Waals surface area contributed by atoms with Gasteiger partial charge in [0.2, 0.25) is 0 Å². The van der Waals surface area contributed by atoms with Crippen LogP contribution < -0.4 is 5.32 Å². The van der Waals surface area contributed by atoms with Crippen LogP contribution in [-0.2, 0) is 0 Å². The van der Waals surface area contributed by atoms with Gasteiger partial charge in [0.25, 0.3) is 5.69 Å². The molecule has 0 aromatic heterocycles. The molecule has 0 aliphatic rings. The third kappa shape index (κ3) is 4.98. The van der Waals surface area contributed by atoms with Crippen molar-refractivity contribution in [3.05, 3.63) is 32.8 Å². The van der Waals surface area contributed by atoms with Crippen molar-refractivity contribution in [1.29, 1.82) is 0 Å². The normalized spacial score (nSPS) is 13.1. The summed E-state index contributed by atoms with van der Waals surface area (Å²) in [5.74, 6) is 0. The quantitative estimate of drug-likeness (QED) is 0.641. The number of rotatable bonds is 5. The Balaban J connectivity index is 2.74. The zero-order valence-corrected chi connectivity index (χ0v) is 13.0. The zero-order valence-electron chi connectivity index (χ0n) is 12.2. The lowest BCUT2D eigenvalue weighted by molar-refractivity contribution is -0.384. The van der Waals surface area contributed by atoms with E-state index in [4.69, 9.17) is 11.6 Å². The summed E-state index contributed by atoms with van der Waals surface area (Å²) in [5.41, 5.74) is 1.37. The predicted molar refractivity (Wildman–Crippen MR) is 81.4 cm³/mol. The number of aryl methyl sites for hydroxylation is 1. The van der Waals surface area contributed by atoms with Crippen molar-refractivity contribution in [2.24, 2.45) is 5.41 Å². The average molecular weight is 301 g/mol. The molecule has 1 unspecified atom stereocenters. The van der Waals surface area contributed by atoms with Gasteiger partial charge in [0.15, 0.2) is 0 Å². The molecule has 0 aliphatic heterocycles. The second-order valence-corrected chi connectivity index (χ2v) is 6.58. The van der Waals surface area contributed by atoms with Crippen LogP contribution >= 0.6 is 11.6 Å². The van der Waals surface area contributed by atoms with Gasteiger partial charge in [-0.25, -0.2) is 0 Å². The Hall–Kier alpha value is -1.33. The Morgan fingerprint density at radius 2 is 2.05 bits per heavy atom. The van der Waals surface area contributed by atoms with Gasteiger partial charge in [0.1, 0.15) is 5.02 Å². The van der Waals surface area contributed by atoms with Crippen molar-refractivity contribution < 1.29 is 10.0 Å². The Kier molecular flexibility index (Phi) is 5.36. The van der Waals surface area contributed by atoms with Gasteiger partial charge in [-0.05, 0) is 30.4 Å². The number of aliphatic hydroxyl groups excluding tert-OH is 1. The fourth-order valence-electron chi connectivity index (χ4n) is 2.00. The van der Waals surface area contributed by atoms with Crippen LogP contribution in [0.1, 0.15) is 32.8 Å². The molecule has 0 bridgehead atoms. The molecule has 2 N–H and O–H groups in total. The minimum atomic E-state index is -0.506. The molecule has 6 heteroatoms. The summed E-state index contributed by atoms with van der Waals surface area (Å²) in [6, 6.07) is 2.96. The van der Waals surface area contributed by atoms with Gasteiger partial charge in [0.05, 0.1) is 11.0 Å². The highest BCUT2D eigenvalue weighted by Gasteiger charge is 2.18. The monoisotopic (exact) mass is 300 g/mol. The number of anilines is 1. The summed E-state index contributed by atoms with van der Waals surface area (Å²) in [7, 11) is 0. The molecule has 0 amide bonds. The van der Waals surface area contributed by atoms with Crippen molar-refractivity contribution in [3.8, 4) is 0 Å². The first-order chi connectivity index (χ1) is 9.10. The van der Waals surface area contributed by atoms with Crippen LogP contribution in [0.4, 0.5) is 11.4 Å². The summed E-state index contributed by atoms with van der Waals surface area (Å²) in [6.07, 6.45) is 0.183. The number of nitrogens with one attached hydrogen (secondary N) is 1. The van der Waals surface area contributed by atoms with Crippen molar-refractivity contribution in [3.63, 3.8) is 0 Å². The maximum atomic E-state index is 10.8. The molecule has 0 spiro atoms. The highest BCUT2D eigenvalue weighted by molar-refractivity contribution is 6.33. The van der Waals surface area contributed by atoms with E-state index in [1.165, 1.54) is 12.1 Å². The van der Waals surface area contributed by atoms with Crippen LogP contribution in [-0.4, -0.2) is 22.7 Å². The van der Waals surface area contributed by atoms with Gasteiger partial charge in [-0.1, -0.05) is 32.4 Å². The van der Waals surface area contributed by atoms with Crippen molar-refractivity contribution in [2.45, 2.75) is 40.2 Å². The van der Waals surface area contributed by atoms with Crippen LogP contribution in [0, 0.1) is 22.5 Å². The molecule has 0 fully saturated rings. The van der Waals surface area contributed by atoms with Gasteiger partial charge in [0, 0.05) is 18.3 Å². The number of nitrogens with zero attached hydrogens (tertiary/aromatic N) is 1. The van der Waals surface area contributed by atoms with Gasteiger partial charge in [-0.15, -0.1) is 0 Å². The van der Waals surface area contributed by atoms with Crippen LogP contribution in [0.5, 0.6) is 0 Å². The molecule has 20 heavy (non-hydrogen) atoms. The summed E-state index contributed by atoms with van der Waals surface area (Å²) in [5, 5.41) is 23.9. The van der Waals surface area contributed by atoms with Gasteiger partial charge < -0.3 is 10.4 Å². The molecule has 1 atom stereocenters. The zero-order chi connectivity index (χ0) is 15.5. The first-order valence-corrected chi connectivity index (χ1v) is 6.84. The Morgan fingerprint density at radius 3 is 2.55 bits per heavy atom. The van der Waals surface area contributed by atoms with E-state index in [-0.39, 0.29) is 16.1 Å². The third-order valence-corrected chi connectivity index (χ3v) is 3.17. The molecule has 1 aromatic carbocycles. The van der Waals surface area contributed by atoms with E-state index >= 15 is 0 Å². The van der Waals surface area contributed by atoms with Crippen LogP contribution in [0.2, 0.25) is 5.02 Å². The maximum Gasteiger partial charge on any atom is 0.288 e. The lowest BCUT2D eigenvalue weighted by Crippen LogP contribution is -2.25. The van der Waals surface area contributed by atoms with Crippen molar-refractivity contribution in [1.82, 2.24) is 0 Å². The number of aliphatic hydroxyl groups is 1. The number of nitro groups is 1. The van der Waals surface area contributed by atoms with Gasteiger partial charge in [-0.3, -0.25) is 10.1 Å². The van der Waals surface area contributed by atoms with Crippen molar-refractivity contribution in [2.75, 3.05) is 11.9 Å². The van der Waals surface area contributed by atoms with E-state index in [2.05, 4.69) is 26.1 Å². The smallest absolute Gasteiger partial charge is 0.288 e. The molecule has 112 valence electrons. The van der Waals surface area contributed by atoms with Crippen molar-refractivity contribution >= 4 is 23.0 Å². The summed E-state index contributed by atoms with van der Waals surface area (Å²) < 4.78 is 0. The predicted octanol–water partition coefficient (Wildman–Crippen LogP) is 3.77. The molecule has 0 saturated carbocycles. The van der Waals surface area contributed by atoms with Crippen LogP contribution in [0.25, 0.3) is 0 Å². The second kappa shape index (κ2) is 6.41. The Labute approximate surface area is 124 Å². The second-order valence-electron chi connectivity index (χ2n) is 6.18. The number of benzene rings is 1. The number of nitro benzene ring substituents is 1. The number of halogens is 1. The molecule has 0 radical (unpaired) electrons. The first-order valence-electron chi connectivity index (χ1n) is 6.46. The molecule has 5 nitrogen and oxygen atoms in total. The van der Waals surface area contributed by atoms with E-state index in [1.54, 1.807) is 6.92 Å². The maximum absolute atomic E-state index is 10.8. The van der Waals surface area contributed by atoms with E-state index in [9.17, 15) is 15.2 Å². The van der Waals surface area contributed by atoms with E-state index < -0.39 is 11.0 Å². The molecule has 1 rings (SSSR count). The van der Waals surface area contributed by atoms with E-state index in [0.717, 1.165) is 5.56 Å². The highest BCUT2D eigenvalue weighted by Crippen LogP contribution is 2.30. The van der Waals surface area contributed by atoms with E-state index in [0.29, 0.717) is 18.7 Å². The minimum Gasteiger partial charge on any atom is -0.391 e. The molecular formula is C14H21ClN2O3. The number of hydrogen-bond acceptors (Lipinski definition) is 4. The summed E-state index contributed by atoms with van der Waals surface area (Å²) >= 11 is 5.87. The fraction of sp³-hybridized carbons (Fsp3) is 0.571. The SMILES string of the molecule is Cc1cc([N+](=O)[O-])c(Cl)cc1NCC(O)CC(C)(C)C. The van der Waals surface area contributed by atoms with Gasteiger partial charge >= 0.3 is 0 Å². The van der Waals surface area contributed by atoms with E-state index in [1.807, 2.05) is 0 Å². The lowest BCUT2D eigenvalue weighted by Gasteiger charge is -2.23. The third-order valence-electron chi connectivity index (χ3n) is 2.87. The highest BCUT2D eigenvalue weighted by atomic mass is 35.5. The first kappa shape index (κ1) is 16.7. The minimum absolute atomic E-state index is 0.0449. The number of hydrogen-bond donors (Lipinski definition) is 2. The average Bonchev–Trinajstić information content (AvgIpc) is 2.27. The molecule has 1 aromatic rings. The molecular weight excluding hydrogens is 280 g/mol. The van der Waals surface area contributed by atoms with Crippen LogP contribution in [0.3, 0.4) is 0 Å². The Bertz CT molecular complexity index is 498.